The molecule has 0 saturated carbocycles. The van der Waals surface area contributed by atoms with Gasteiger partial charge < -0.3 is 15.4 Å². The van der Waals surface area contributed by atoms with Gasteiger partial charge in [-0.1, -0.05) is 0 Å². The smallest absolute Gasteiger partial charge is 0.191 e. The van der Waals surface area contributed by atoms with Crippen molar-refractivity contribution in [1.29, 1.82) is 0 Å². The fraction of sp³-hybridized carbons (Fsp3) is 0.889. The number of guanidine groups is 1. The molecule has 2 unspecified atom stereocenters. The molecule has 4 heteroatoms. The fourth-order valence-corrected chi connectivity index (χ4v) is 2.20. The molecule has 0 radical (unpaired) electrons. The molecule has 1 saturated heterocycles. The summed E-state index contributed by atoms with van der Waals surface area (Å²) in [6.45, 7) is 5.71. The van der Waals surface area contributed by atoms with Crippen LogP contribution in [0.4, 0.5) is 0 Å². The summed E-state index contributed by atoms with van der Waals surface area (Å²) in [5.74, 6) is 1.34. The van der Waals surface area contributed by atoms with Gasteiger partial charge in [-0.05, 0) is 13.3 Å². The zero-order valence-electron chi connectivity index (χ0n) is 8.07. The summed E-state index contributed by atoms with van der Waals surface area (Å²) < 4.78 is 5.38. The molecule has 0 bridgehead atoms. The average molecular weight is 183 g/mol. The number of aliphatic imine (C=N–C) groups is 1. The number of nitrogens with two attached hydrogens (primary N) is 1. The quantitative estimate of drug-likeness (QED) is 0.657. The third kappa shape index (κ3) is 1.50. The summed E-state index contributed by atoms with van der Waals surface area (Å²) in [5.41, 5.74) is 5.78. The summed E-state index contributed by atoms with van der Waals surface area (Å²) >= 11 is 0. The predicted octanol–water partition coefficient (Wildman–Crippen LogP) is 0.0417. The number of hydrogen-bond acceptors (Lipinski definition) is 4. The van der Waals surface area contributed by atoms with Crippen molar-refractivity contribution in [3.05, 3.63) is 0 Å². The van der Waals surface area contributed by atoms with Crippen LogP contribution in [0.15, 0.2) is 4.99 Å². The largest absolute Gasteiger partial charge is 0.381 e. The normalized spacial score (nSPS) is 33.9. The molecular formula is C9H17N3O. The van der Waals surface area contributed by atoms with Gasteiger partial charge in [0.2, 0.25) is 0 Å². The maximum absolute atomic E-state index is 5.78. The van der Waals surface area contributed by atoms with E-state index in [1.54, 1.807) is 0 Å². The molecule has 74 valence electrons. The molecule has 2 N–H and O–H groups in total. The number of likely N-dealkylation sites (N-methyl/N-ethyl adjacent to an activating group) is 1. The molecular weight excluding hydrogens is 166 g/mol. The van der Waals surface area contributed by atoms with Crippen LogP contribution < -0.4 is 5.73 Å². The SMILES string of the molecule is CCN1C(N)=NCC1C1CCOC1. The summed E-state index contributed by atoms with van der Waals surface area (Å²) in [7, 11) is 0. The maximum Gasteiger partial charge on any atom is 0.191 e. The molecule has 2 aliphatic rings. The number of nitrogens with zero attached hydrogens (tertiary/aromatic N) is 2. The minimum Gasteiger partial charge on any atom is -0.381 e. The van der Waals surface area contributed by atoms with E-state index in [0.717, 1.165) is 32.7 Å². The van der Waals surface area contributed by atoms with Crippen molar-refractivity contribution in [3.63, 3.8) is 0 Å². The number of rotatable bonds is 2. The lowest BCUT2D eigenvalue weighted by Gasteiger charge is -2.28. The second-order valence-electron chi connectivity index (χ2n) is 3.68. The van der Waals surface area contributed by atoms with E-state index in [-0.39, 0.29) is 0 Å². The van der Waals surface area contributed by atoms with Gasteiger partial charge in [0.25, 0.3) is 0 Å². The average Bonchev–Trinajstić information content (AvgIpc) is 2.71. The van der Waals surface area contributed by atoms with Crippen LogP contribution in [0.25, 0.3) is 0 Å². The van der Waals surface area contributed by atoms with E-state index in [1.165, 1.54) is 0 Å². The molecule has 0 spiro atoms. The van der Waals surface area contributed by atoms with Crippen molar-refractivity contribution in [2.75, 3.05) is 26.3 Å². The lowest BCUT2D eigenvalue weighted by Crippen LogP contribution is -2.44. The highest BCUT2D eigenvalue weighted by Crippen LogP contribution is 2.24. The first kappa shape index (κ1) is 8.81. The van der Waals surface area contributed by atoms with Gasteiger partial charge in [0, 0.05) is 19.1 Å². The Morgan fingerprint density at radius 2 is 2.54 bits per heavy atom. The highest BCUT2D eigenvalue weighted by atomic mass is 16.5. The van der Waals surface area contributed by atoms with Crippen LogP contribution in [-0.4, -0.2) is 43.2 Å². The zero-order chi connectivity index (χ0) is 9.26. The topological polar surface area (TPSA) is 50.8 Å². The molecule has 0 aliphatic carbocycles. The van der Waals surface area contributed by atoms with E-state index in [1.807, 2.05) is 0 Å². The molecule has 0 aromatic heterocycles. The maximum atomic E-state index is 5.78. The highest BCUT2D eigenvalue weighted by molar-refractivity contribution is 5.80. The van der Waals surface area contributed by atoms with Crippen LogP contribution >= 0.6 is 0 Å². The van der Waals surface area contributed by atoms with Gasteiger partial charge in [0.05, 0.1) is 19.2 Å². The van der Waals surface area contributed by atoms with Crippen molar-refractivity contribution in [2.24, 2.45) is 16.6 Å². The highest BCUT2D eigenvalue weighted by Gasteiger charge is 2.33. The van der Waals surface area contributed by atoms with E-state index < -0.39 is 0 Å². The lowest BCUT2D eigenvalue weighted by atomic mass is 9.98. The fourth-order valence-electron chi connectivity index (χ4n) is 2.20. The number of hydrogen-bond donors (Lipinski definition) is 1. The Hall–Kier alpha value is -0.770. The van der Waals surface area contributed by atoms with E-state index in [9.17, 15) is 0 Å². The van der Waals surface area contributed by atoms with Crippen molar-refractivity contribution in [1.82, 2.24) is 4.90 Å². The Labute approximate surface area is 78.8 Å². The summed E-state index contributed by atoms with van der Waals surface area (Å²) in [4.78, 5) is 6.47. The van der Waals surface area contributed by atoms with E-state index >= 15 is 0 Å². The van der Waals surface area contributed by atoms with Gasteiger partial charge in [-0.15, -0.1) is 0 Å². The first-order chi connectivity index (χ1) is 6.33. The molecule has 0 aromatic rings. The molecule has 1 fully saturated rings. The lowest BCUT2D eigenvalue weighted by molar-refractivity contribution is 0.165. The van der Waals surface area contributed by atoms with E-state index in [4.69, 9.17) is 10.5 Å². The minimum absolute atomic E-state index is 0.493. The van der Waals surface area contributed by atoms with Gasteiger partial charge in [-0.3, -0.25) is 4.99 Å². The molecule has 2 heterocycles. The van der Waals surface area contributed by atoms with Crippen molar-refractivity contribution < 1.29 is 4.74 Å². The number of ether oxygens (including phenoxy) is 1. The first-order valence-corrected chi connectivity index (χ1v) is 4.97. The Bertz CT molecular complexity index is 211. The summed E-state index contributed by atoms with van der Waals surface area (Å²) in [5, 5.41) is 0. The molecule has 2 aliphatic heterocycles. The van der Waals surface area contributed by atoms with Crippen LogP contribution in [-0.2, 0) is 4.74 Å². The molecule has 0 amide bonds. The molecule has 4 nitrogen and oxygen atoms in total. The summed E-state index contributed by atoms with van der Waals surface area (Å²) in [6.07, 6.45) is 1.16. The van der Waals surface area contributed by atoms with Crippen molar-refractivity contribution in [2.45, 2.75) is 19.4 Å². The molecule has 2 rings (SSSR count). The third-order valence-electron chi connectivity index (χ3n) is 2.98. The van der Waals surface area contributed by atoms with Crippen molar-refractivity contribution >= 4 is 5.96 Å². The van der Waals surface area contributed by atoms with Gasteiger partial charge >= 0.3 is 0 Å². The van der Waals surface area contributed by atoms with Crippen molar-refractivity contribution in [3.8, 4) is 0 Å². The van der Waals surface area contributed by atoms with Gasteiger partial charge in [0.1, 0.15) is 0 Å². The van der Waals surface area contributed by atoms with Gasteiger partial charge in [0.15, 0.2) is 5.96 Å². The Morgan fingerprint density at radius 3 is 3.15 bits per heavy atom. The predicted molar refractivity (Wildman–Crippen MR) is 51.6 cm³/mol. The van der Waals surface area contributed by atoms with Crippen LogP contribution in [0.1, 0.15) is 13.3 Å². The standard InChI is InChI=1S/C9H17N3O/c1-2-12-8(5-11-9(12)10)7-3-4-13-6-7/h7-8H,2-6H2,1H3,(H2,10,11). The first-order valence-electron chi connectivity index (χ1n) is 4.97. The second kappa shape index (κ2) is 3.54. The minimum atomic E-state index is 0.493. The van der Waals surface area contributed by atoms with E-state index in [0.29, 0.717) is 17.9 Å². The molecule has 0 aromatic carbocycles. The second-order valence-corrected chi connectivity index (χ2v) is 3.68. The molecule has 2 atom stereocenters. The Morgan fingerprint density at radius 1 is 1.69 bits per heavy atom. The zero-order valence-corrected chi connectivity index (χ0v) is 8.07. The third-order valence-corrected chi connectivity index (χ3v) is 2.98. The summed E-state index contributed by atoms with van der Waals surface area (Å²) in [6, 6.07) is 0.493. The van der Waals surface area contributed by atoms with Gasteiger partial charge in [-0.2, -0.15) is 0 Å². The van der Waals surface area contributed by atoms with E-state index in [2.05, 4.69) is 16.8 Å². The van der Waals surface area contributed by atoms with Crippen LogP contribution in [0, 0.1) is 5.92 Å². The monoisotopic (exact) mass is 183 g/mol. The molecule has 13 heavy (non-hydrogen) atoms. The Kier molecular flexibility index (Phi) is 2.40. The van der Waals surface area contributed by atoms with Crippen LogP contribution in [0.3, 0.4) is 0 Å². The van der Waals surface area contributed by atoms with Gasteiger partial charge in [-0.25, -0.2) is 0 Å². The van der Waals surface area contributed by atoms with Crippen LogP contribution in [0.5, 0.6) is 0 Å². The van der Waals surface area contributed by atoms with Crippen LogP contribution in [0.2, 0.25) is 0 Å². The Balaban J connectivity index is 2.00.